The Hall–Kier alpha value is -1.01. The topological polar surface area (TPSA) is 0 Å². The molecule has 0 aromatic heterocycles. The van der Waals surface area contributed by atoms with Crippen LogP contribution in [0.4, 0.5) is 0 Å². The number of aryl methyl sites for hydroxylation is 1. The van der Waals surface area contributed by atoms with Crippen LogP contribution in [-0.4, -0.2) is 0 Å². The number of fused-ring (bicyclic) bond motifs is 1. The maximum absolute atomic E-state index is 5.91. The molecule has 2 rings (SSSR count). The average Bonchev–Trinajstić information content (AvgIpc) is 2.16. The molecular formula is C12H11Cl. The van der Waals surface area contributed by atoms with Crippen molar-refractivity contribution in [1.82, 2.24) is 0 Å². The van der Waals surface area contributed by atoms with E-state index in [-0.39, 0.29) is 0 Å². The quantitative estimate of drug-likeness (QED) is 0.637. The van der Waals surface area contributed by atoms with Crippen molar-refractivity contribution < 1.29 is 0 Å². The van der Waals surface area contributed by atoms with E-state index in [1.165, 1.54) is 16.3 Å². The SMILES string of the molecule is CCc1cccc2cc(Cl)ccc12. The van der Waals surface area contributed by atoms with Gasteiger partial charge in [0.1, 0.15) is 0 Å². The Bertz CT molecular complexity index is 432. The minimum absolute atomic E-state index is 0.806. The lowest BCUT2D eigenvalue weighted by atomic mass is 10.0. The summed E-state index contributed by atoms with van der Waals surface area (Å²) in [4.78, 5) is 0. The highest BCUT2D eigenvalue weighted by Gasteiger charge is 1.98. The van der Waals surface area contributed by atoms with E-state index in [2.05, 4.69) is 31.2 Å². The number of rotatable bonds is 1. The first-order valence-corrected chi connectivity index (χ1v) is 4.86. The van der Waals surface area contributed by atoms with Gasteiger partial charge in [-0.1, -0.05) is 42.8 Å². The van der Waals surface area contributed by atoms with Crippen LogP contribution in [0, 0.1) is 0 Å². The number of benzene rings is 2. The van der Waals surface area contributed by atoms with E-state index in [0.29, 0.717) is 0 Å². The minimum atomic E-state index is 0.806. The fourth-order valence-electron chi connectivity index (χ4n) is 1.63. The highest BCUT2D eigenvalue weighted by molar-refractivity contribution is 6.31. The molecule has 0 aliphatic rings. The molecule has 0 unspecified atom stereocenters. The molecule has 0 amide bonds. The fraction of sp³-hybridized carbons (Fsp3) is 0.167. The molecule has 0 bridgehead atoms. The second kappa shape index (κ2) is 3.39. The predicted molar refractivity (Wildman–Crippen MR) is 58.3 cm³/mol. The van der Waals surface area contributed by atoms with Gasteiger partial charge in [0.05, 0.1) is 0 Å². The Morgan fingerprint density at radius 1 is 1.15 bits per heavy atom. The summed E-state index contributed by atoms with van der Waals surface area (Å²) in [6.45, 7) is 2.17. The molecule has 66 valence electrons. The lowest BCUT2D eigenvalue weighted by Crippen LogP contribution is -1.82. The third-order valence-electron chi connectivity index (χ3n) is 2.31. The van der Waals surface area contributed by atoms with Crippen molar-refractivity contribution in [3.63, 3.8) is 0 Å². The first-order valence-electron chi connectivity index (χ1n) is 4.48. The second-order valence-electron chi connectivity index (χ2n) is 3.14. The average molecular weight is 191 g/mol. The maximum Gasteiger partial charge on any atom is 0.0412 e. The largest absolute Gasteiger partial charge is 0.0843 e. The van der Waals surface area contributed by atoms with Gasteiger partial charge in [-0.3, -0.25) is 0 Å². The van der Waals surface area contributed by atoms with E-state index in [4.69, 9.17) is 11.6 Å². The molecule has 0 atom stereocenters. The zero-order valence-electron chi connectivity index (χ0n) is 7.55. The number of hydrogen-bond donors (Lipinski definition) is 0. The molecule has 0 N–H and O–H groups in total. The van der Waals surface area contributed by atoms with E-state index in [1.807, 2.05) is 12.1 Å². The van der Waals surface area contributed by atoms with Crippen molar-refractivity contribution in [3.05, 3.63) is 47.0 Å². The van der Waals surface area contributed by atoms with E-state index < -0.39 is 0 Å². The highest BCUT2D eigenvalue weighted by atomic mass is 35.5. The van der Waals surface area contributed by atoms with Gasteiger partial charge in [-0.2, -0.15) is 0 Å². The van der Waals surface area contributed by atoms with Crippen LogP contribution in [0.2, 0.25) is 5.02 Å². The standard InChI is InChI=1S/C12H11Cl/c1-2-9-4-3-5-10-8-11(13)6-7-12(9)10/h3-8H,2H2,1H3. The molecule has 2 aromatic carbocycles. The van der Waals surface area contributed by atoms with Gasteiger partial charge in [0, 0.05) is 5.02 Å². The molecular weight excluding hydrogens is 180 g/mol. The van der Waals surface area contributed by atoms with Crippen molar-refractivity contribution in [2.45, 2.75) is 13.3 Å². The van der Waals surface area contributed by atoms with E-state index in [0.717, 1.165) is 11.4 Å². The van der Waals surface area contributed by atoms with Crippen molar-refractivity contribution >= 4 is 22.4 Å². The Labute approximate surface area is 83.1 Å². The molecule has 0 nitrogen and oxygen atoms in total. The van der Waals surface area contributed by atoms with Crippen LogP contribution in [0.15, 0.2) is 36.4 Å². The van der Waals surface area contributed by atoms with Gasteiger partial charge in [0.15, 0.2) is 0 Å². The summed E-state index contributed by atoms with van der Waals surface area (Å²) in [5.74, 6) is 0. The Kier molecular flexibility index (Phi) is 2.24. The molecule has 0 aliphatic carbocycles. The summed E-state index contributed by atoms with van der Waals surface area (Å²) >= 11 is 5.91. The molecule has 1 heteroatoms. The third-order valence-corrected chi connectivity index (χ3v) is 2.55. The lowest BCUT2D eigenvalue weighted by molar-refractivity contribution is 1.16. The van der Waals surface area contributed by atoms with Crippen LogP contribution in [0.3, 0.4) is 0 Å². The predicted octanol–water partition coefficient (Wildman–Crippen LogP) is 4.06. The van der Waals surface area contributed by atoms with Crippen LogP contribution >= 0.6 is 11.6 Å². The zero-order chi connectivity index (χ0) is 9.26. The summed E-state index contributed by atoms with van der Waals surface area (Å²) in [7, 11) is 0. The van der Waals surface area contributed by atoms with Gasteiger partial charge in [-0.25, -0.2) is 0 Å². The second-order valence-corrected chi connectivity index (χ2v) is 3.57. The summed E-state index contributed by atoms with van der Waals surface area (Å²) in [6.07, 6.45) is 1.07. The van der Waals surface area contributed by atoms with Gasteiger partial charge in [-0.15, -0.1) is 0 Å². The first kappa shape index (κ1) is 8.58. The molecule has 0 radical (unpaired) electrons. The summed E-state index contributed by atoms with van der Waals surface area (Å²) in [6, 6.07) is 12.4. The molecule has 0 heterocycles. The van der Waals surface area contributed by atoms with Gasteiger partial charge in [-0.05, 0) is 34.9 Å². The molecule has 2 aromatic rings. The van der Waals surface area contributed by atoms with Crippen molar-refractivity contribution in [2.24, 2.45) is 0 Å². The number of hydrogen-bond acceptors (Lipinski definition) is 0. The molecule has 0 spiro atoms. The van der Waals surface area contributed by atoms with Crippen molar-refractivity contribution in [3.8, 4) is 0 Å². The van der Waals surface area contributed by atoms with Crippen LogP contribution in [0.5, 0.6) is 0 Å². The van der Waals surface area contributed by atoms with E-state index >= 15 is 0 Å². The molecule has 0 aliphatic heterocycles. The molecule has 13 heavy (non-hydrogen) atoms. The van der Waals surface area contributed by atoms with Crippen molar-refractivity contribution in [1.29, 1.82) is 0 Å². The monoisotopic (exact) mass is 190 g/mol. The molecule has 0 fully saturated rings. The zero-order valence-corrected chi connectivity index (χ0v) is 8.31. The van der Waals surface area contributed by atoms with Crippen LogP contribution in [0.25, 0.3) is 10.8 Å². The van der Waals surface area contributed by atoms with Gasteiger partial charge in [0.2, 0.25) is 0 Å². The van der Waals surface area contributed by atoms with E-state index in [1.54, 1.807) is 0 Å². The first-order chi connectivity index (χ1) is 6.31. The minimum Gasteiger partial charge on any atom is -0.0843 e. The van der Waals surface area contributed by atoms with Gasteiger partial charge in [0.25, 0.3) is 0 Å². The van der Waals surface area contributed by atoms with Crippen molar-refractivity contribution in [2.75, 3.05) is 0 Å². The Morgan fingerprint density at radius 2 is 2.00 bits per heavy atom. The van der Waals surface area contributed by atoms with Gasteiger partial charge >= 0.3 is 0 Å². The Morgan fingerprint density at radius 3 is 2.77 bits per heavy atom. The smallest absolute Gasteiger partial charge is 0.0412 e. The summed E-state index contributed by atoms with van der Waals surface area (Å²) in [5.41, 5.74) is 1.38. The lowest BCUT2D eigenvalue weighted by Gasteiger charge is -2.03. The summed E-state index contributed by atoms with van der Waals surface area (Å²) in [5, 5.41) is 3.35. The van der Waals surface area contributed by atoms with Gasteiger partial charge < -0.3 is 0 Å². The summed E-state index contributed by atoms with van der Waals surface area (Å²) < 4.78 is 0. The van der Waals surface area contributed by atoms with Crippen LogP contribution in [0.1, 0.15) is 12.5 Å². The normalized spacial score (nSPS) is 10.6. The molecule has 0 saturated heterocycles. The fourth-order valence-corrected chi connectivity index (χ4v) is 1.81. The number of halogens is 1. The third kappa shape index (κ3) is 1.54. The molecule has 0 saturated carbocycles. The Balaban J connectivity index is 2.77. The highest BCUT2D eigenvalue weighted by Crippen LogP contribution is 2.22. The van der Waals surface area contributed by atoms with E-state index in [9.17, 15) is 0 Å². The maximum atomic E-state index is 5.91. The van der Waals surface area contributed by atoms with Crippen LogP contribution in [-0.2, 0) is 6.42 Å². The van der Waals surface area contributed by atoms with Crippen LogP contribution < -0.4 is 0 Å².